The Kier molecular flexibility index (Phi) is 3.59. The van der Waals surface area contributed by atoms with Gasteiger partial charge in [0.15, 0.2) is 0 Å². The van der Waals surface area contributed by atoms with Gasteiger partial charge in [0.2, 0.25) is 0 Å². The standard InChI is InChI=1S/C16H16N4O2S/c1-10-8-23-15(19-10)14-7-22-5-4-20(14)16(21)11-2-3-12-13(6-11)18-9-17-12/h2-3,6,8-9,14H,4-5,7H2,1H3,(H,17,18)/t14-/m0/s1. The van der Waals surface area contributed by atoms with Crippen LogP contribution >= 0.6 is 11.3 Å². The monoisotopic (exact) mass is 328 g/mol. The van der Waals surface area contributed by atoms with Crippen molar-refractivity contribution in [1.29, 1.82) is 0 Å². The number of amides is 1. The van der Waals surface area contributed by atoms with Gasteiger partial charge in [0, 0.05) is 23.2 Å². The van der Waals surface area contributed by atoms with Crippen LogP contribution in [-0.2, 0) is 4.74 Å². The number of imidazole rings is 1. The molecule has 1 N–H and O–H groups in total. The second kappa shape index (κ2) is 5.75. The Bertz CT molecular complexity index is 857. The van der Waals surface area contributed by atoms with Crippen molar-refractivity contribution in [3.05, 3.63) is 46.2 Å². The Hall–Kier alpha value is -2.25. The summed E-state index contributed by atoms with van der Waals surface area (Å²) >= 11 is 1.58. The van der Waals surface area contributed by atoms with Gasteiger partial charge in [-0.15, -0.1) is 11.3 Å². The first-order valence-electron chi connectivity index (χ1n) is 7.46. The molecule has 3 aromatic rings. The predicted octanol–water partition coefficient (Wildman–Crippen LogP) is 2.54. The van der Waals surface area contributed by atoms with Crippen molar-refractivity contribution >= 4 is 28.3 Å². The zero-order valence-electron chi connectivity index (χ0n) is 12.7. The van der Waals surface area contributed by atoms with Crippen molar-refractivity contribution in [2.24, 2.45) is 0 Å². The first-order valence-corrected chi connectivity index (χ1v) is 8.34. The third-order valence-electron chi connectivity index (χ3n) is 3.98. The third-order valence-corrected chi connectivity index (χ3v) is 5.04. The molecule has 3 heterocycles. The van der Waals surface area contributed by atoms with Crippen molar-refractivity contribution < 1.29 is 9.53 Å². The number of ether oxygens (including phenoxy) is 1. The molecule has 7 heteroatoms. The second-order valence-electron chi connectivity index (χ2n) is 5.55. The van der Waals surface area contributed by atoms with Crippen LogP contribution in [0.25, 0.3) is 11.0 Å². The number of benzene rings is 1. The maximum absolute atomic E-state index is 13.0. The van der Waals surface area contributed by atoms with E-state index in [-0.39, 0.29) is 11.9 Å². The van der Waals surface area contributed by atoms with Gasteiger partial charge < -0.3 is 14.6 Å². The van der Waals surface area contributed by atoms with Crippen LogP contribution in [-0.4, -0.2) is 45.5 Å². The lowest BCUT2D eigenvalue weighted by Gasteiger charge is -2.34. The highest BCUT2D eigenvalue weighted by molar-refractivity contribution is 7.09. The van der Waals surface area contributed by atoms with Gasteiger partial charge in [-0.2, -0.15) is 0 Å². The number of nitrogens with zero attached hydrogens (tertiary/aromatic N) is 3. The molecule has 1 saturated heterocycles. The van der Waals surface area contributed by atoms with Crippen LogP contribution in [0.5, 0.6) is 0 Å². The summed E-state index contributed by atoms with van der Waals surface area (Å²) in [5.41, 5.74) is 3.35. The van der Waals surface area contributed by atoms with E-state index in [9.17, 15) is 4.79 Å². The van der Waals surface area contributed by atoms with E-state index in [1.165, 1.54) is 0 Å². The van der Waals surface area contributed by atoms with Gasteiger partial charge in [0.25, 0.3) is 5.91 Å². The summed E-state index contributed by atoms with van der Waals surface area (Å²) in [7, 11) is 0. The van der Waals surface area contributed by atoms with Crippen LogP contribution < -0.4 is 0 Å². The minimum absolute atomic E-state index is 0.00246. The number of fused-ring (bicyclic) bond motifs is 1. The highest BCUT2D eigenvalue weighted by Gasteiger charge is 2.31. The van der Waals surface area contributed by atoms with Crippen LogP contribution in [0, 0.1) is 6.92 Å². The highest BCUT2D eigenvalue weighted by Crippen LogP contribution is 2.28. The van der Waals surface area contributed by atoms with Gasteiger partial charge in [-0.05, 0) is 25.1 Å². The van der Waals surface area contributed by atoms with E-state index in [2.05, 4.69) is 15.0 Å². The van der Waals surface area contributed by atoms with Gasteiger partial charge in [0.05, 0.1) is 30.6 Å². The summed E-state index contributed by atoms with van der Waals surface area (Å²) in [5.74, 6) is 0.00246. The number of carbonyl (C=O) groups excluding carboxylic acids is 1. The van der Waals surface area contributed by atoms with Crippen molar-refractivity contribution in [3.8, 4) is 0 Å². The maximum Gasteiger partial charge on any atom is 0.254 e. The fourth-order valence-electron chi connectivity index (χ4n) is 2.81. The number of carbonyl (C=O) groups is 1. The zero-order chi connectivity index (χ0) is 15.8. The van der Waals surface area contributed by atoms with Crippen LogP contribution in [0.1, 0.15) is 27.1 Å². The van der Waals surface area contributed by atoms with E-state index in [4.69, 9.17) is 4.74 Å². The number of hydrogen-bond acceptors (Lipinski definition) is 5. The molecule has 6 nitrogen and oxygen atoms in total. The van der Waals surface area contributed by atoms with E-state index >= 15 is 0 Å². The number of aryl methyl sites for hydroxylation is 1. The molecule has 0 saturated carbocycles. The number of rotatable bonds is 2. The molecule has 0 unspecified atom stereocenters. The number of aromatic nitrogens is 3. The molecule has 118 valence electrons. The first-order chi connectivity index (χ1) is 11.2. The molecule has 1 atom stereocenters. The van der Waals surface area contributed by atoms with Gasteiger partial charge in [-0.25, -0.2) is 9.97 Å². The average molecular weight is 328 g/mol. The quantitative estimate of drug-likeness (QED) is 0.785. The summed E-state index contributed by atoms with van der Waals surface area (Å²) in [4.78, 5) is 26.6. The van der Waals surface area contributed by atoms with Gasteiger partial charge in [-0.1, -0.05) is 0 Å². The van der Waals surface area contributed by atoms with E-state index in [0.29, 0.717) is 25.3 Å². The molecular weight excluding hydrogens is 312 g/mol. The number of aromatic amines is 1. The second-order valence-corrected chi connectivity index (χ2v) is 6.44. The first kappa shape index (κ1) is 14.3. The average Bonchev–Trinajstić information content (AvgIpc) is 3.22. The Morgan fingerprint density at radius 2 is 2.39 bits per heavy atom. The number of thiazole rings is 1. The normalized spacial score (nSPS) is 18.5. The van der Waals surface area contributed by atoms with Crippen molar-refractivity contribution in [3.63, 3.8) is 0 Å². The summed E-state index contributed by atoms with van der Waals surface area (Å²) < 4.78 is 5.58. The molecule has 2 aromatic heterocycles. The minimum Gasteiger partial charge on any atom is -0.377 e. The summed E-state index contributed by atoms with van der Waals surface area (Å²) in [6.45, 7) is 3.58. The topological polar surface area (TPSA) is 71.1 Å². The molecule has 4 rings (SSSR count). The van der Waals surface area contributed by atoms with Crippen molar-refractivity contribution in [1.82, 2.24) is 19.9 Å². The summed E-state index contributed by atoms with van der Waals surface area (Å²) in [6.07, 6.45) is 1.63. The fourth-order valence-corrected chi connectivity index (χ4v) is 3.70. The lowest BCUT2D eigenvalue weighted by atomic mass is 10.1. The van der Waals surface area contributed by atoms with Crippen LogP contribution in [0.4, 0.5) is 0 Å². The molecule has 1 aliphatic heterocycles. The Labute approximate surface area is 137 Å². The van der Waals surface area contributed by atoms with E-state index in [1.54, 1.807) is 17.7 Å². The molecule has 0 radical (unpaired) electrons. The molecule has 0 bridgehead atoms. The molecule has 23 heavy (non-hydrogen) atoms. The van der Waals surface area contributed by atoms with Gasteiger partial charge >= 0.3 is 0 Å². The Morgan fingerprint density at radius 1 is 1.48 bits per heavy atom. The molecule has 0 aliphatic carbocycles. The fraction of sp³-hybridized carbons (Fsp3) is 0.312. The lowest BCUT2D eigenvalue weighted by molar-refractivity contribution is -0.00276. The van der Waals surface area contributed by atoms with Crippen molar-refractivity contribution in [2.75, 3.05) is 19.8 Å². The van der Waals surface area contributed by atoms with Crippen LogP contribution in [0.2, 0.25) is 0 Å². The Balaban J connectivity index is 1.66. The largest absolute Gasteiger partial charge is 0.377 e. The molecule has 1 fully saturated rings. The smallest absolute Gasteiger partial charge is 0.254 e. The van der Waals surface area contributed by atoms with Crippen LogP contribution in [0.3, 0.4) is 0 Å². The number of hydrogen-bond donors (Lipinski definition) is 1. The molecule has 1 aliphatic rings. The zero-order valence-corrected chi connectivity index (χ0v) is 13.5. The number of H-pyrrole nitrogens is 1. The lowest BCUT2D eigenvalue weighted by Crippen LogP contribution is -2.43. The predicted molar refractivity (Wildman–Crippen MR) is 87.5 cm³/mol. The van der Waals surface area contributed by atoms with E-state index < -0.39 is 0 Å². The third kappa shape index (κ3) is 2.62. The van der Waals surface area contributed by atoms with E-state index in [0.717, 1.165) is 21.7 Å². The van der Waals surface area contributed by atoms with Crippen molar-refractivity contribution in [2.45, 2.75) is 13.0 Å². The number of nitrogens with one attached hydrogen (secondary N) is 1. The summed E-state index contributed by atoms with van der Waals surface area (Å²) in [5, 5.41) is 2.93. The van der Waals surface area contributed by atoms with E-state index in [1.807, 2.05) is 35.4 Å². The minimum atomic E-state index is -0.118. The highest BCUT2D eigenvalue weighted by atomic mass is 32.1. The molecule has 1 amide bonds. The Morgan fingerprint density at radius 3 is 3.22 bits per heavy atom. The van der Waals surface area contributed by atoms with Crippen LogP contribution in [0.15, 0.2) is 29.9 Å². The molecule has 0 spiro atoms. The van der Waals surface area contributed by atoms with Gasteiger partial charge in [-0.3, -0.25) is 4.79 Å². The maximum atomic E-state index is 13.0. The summed E-state index contributed by atoms with van der Waals surface area (Å²) in [6, 6.07) is 5.42. The van der Waals surface area contributed by atoms with Gasteiger partial charge in [0.1, 0.15) is 11.0 Å². The molecule has 1 aromatic carbocycles. The SMILES string of the molecule is Cc1csc([C@@H]2COCCN2C(=O)c2ccc3nc[nH]c3c2)n1. The number of morpholine rings is 1. The molecular formula is C16H16N4O2S.